The van der Waals surface area contributed by atoms with Crippen molar-refractivity contribution in [3.63, 3.8) is 0 Å². The van der Waals surface area contributed by atoms with Crippen molar-refractivity contribution < 1.29 is 0 Å². The minimum absolute atomic E-state index is 0.679. The molecule has 0 fully saturated rings. The maximum absolute atomic E-state index is 4.38. The topological polar surface area (TPSA) is 97.6 Å². The van der Waals surface area contributed by atoms with Crippen molar-refractivity contribution in [2.24, 2.45) is 20.2 Å². The first kappa shape index (κ1) is 26.3. The predicted molar refractivity (Wildman–Crippen MR) is 149 cm³/mol. The van der Waals surface area contributed by atoms with Gasteiger partial charge in [-0.25, -0.2) is 20.8 Å². The first-order chi connectivity index (χ1) is 16.8. The van der Waals surface area contributed by atoms with E-state index in [0.29, 0.717) is 11.9 Å². The van der Waals surface area contributed by atoms with Crippen LogP contribution in [0.4, 0.5) is 0 Å². The van der Waals surface area contributed by atoms with Crippen LogP contribution in [0.25, 0.3) is 22.9 Å². The van der Waals surface area contributed by atoms with E-state index in [-0.39, 0.29) is 0 Å². The van der Waals surface area contributed by atoms with E-state index >= 15 is 0 Å². The summed E-state index contributed by atoms with van der Waals surface area (Å²) in [7, 11) is 0. The lowest BCUT2D eigenvalue weighted by Gasteiger charge is -2.15. The molecular formula is C26H36N8. The molecule has 0 radical (unpaired) electrons. The maximum atomic E-state index is 4.38. The number of nitrogens with one attached hydrogen (secondary N) is 4. The molecule has 2 aromatic carbocycles. The van der Waals surface area contributed by atoms with E-state index in [2.05, 4.69) is 67.0 Å². The third-order valence-corrected chi connectivity index (χ3v) is 4.86. The number of aliphatic imine (C=N–C) groups is 2. The molecule has 0 aliphatic carbocycles. The van der Waals surface area contributed by atoms with Crippen LogP contribution in [0.2, 0.25) is 0 Å². The van der Waals surface area contributed by atoms with E-state index in [0.717, 1.165) is 59.2 Å². The van der Waals surface area contributed by atoms with Crippen LogP contribution in [-0.2, 0) is 0 Å². The molecule has 0 saturated heterocycles. The Morgan fingerprint density at radius 1 is 0.735 bits per heavy atom. The lowest BCUT2D eigenvalue weighted by atomic mass is 9.89. The zero-order valence-corrected chi connectivity index (χ0v) is 20.7. The number of fused-ring (bicyclic) bond motifs is 1. The smallest absolute Gasteiger partial charge is 0.212 e. The Bertz CT molecular complexity index is 1010. The Morgan fingerprint density at radius 2 is 1.15 bits per heavy atom. The van der Waals surface area contributed by atoms with Crippen LogP contribution in [0, 0.1) is 0 Å². The van der Waals surface area contributed by atoms with E-state index in [1.165, 1.54) is 0 Å². The Hall–Kier alpha value is -3.94. The van der Waals surface area contributed by atoms with Gasteiger partial charge in [0.15, 0.2) is 0 Å². The highest BCUT2D eigenvalue weighted by atomic mass is 15.4. The van der Waals surface area contributed by atoms with Gasteiger partial charge in [-0.1, -0.05) is 77.3 Å². The molecule has 0 saturated carbocycles. The van der Waals surface area contributed by atoms with E-state index in [9.17, 15) is 0 Å². The molecule has 2 aliphatic heterocycles. The highest BCUT2D eigenvalue weighted by Gasteiger charge is 2.14. The number of benzene rings is 2. The number of guanidine groups is 2. The molecule has 34 heavy (non-hydrogen) atoms. The molecule has 0 amide bonds. The van der Waals surface area contributed by atoms with E-state index in [1.54, 1.807) is 12.4 Å². The van der Waals surface area contributed by atoms with Gasteiger partial charge >= 0.3 is 0 Å². The van der Waals surface area contributed by atoms with Crippen molar-refractivity contribution in [2.75, 3.05) is 26.2 Å². The van der Waals surface area contributed by atoms with Crippen LogP contribution in [0.15, 0.2) is 57.6 Å². The SMILES string of the molecule is C=Cc1c(C=C)c(/C=N/NC2=NCCN2)c2ccccc2c1/C=N/NC1=NCCN1.CC.CC. The van der Waals surface area contributed by atoms with Gasteiger partial charge < -0.3 is 10.6 Å². The van der Waals surface area contributed by atoms with Crippen LogP contribution < -0.4 is 21.5 Å². The quantitative estimate of drug-likeness (QED) is 0.388. The first-order valence-electron chi connectivity index (χ1n) is 11.8. The zero-order chi connectivity index (χ0) is 24.8. The highest BCUT2D eigenvalue weighted by Crippen LogP contribution is 2.30. The minimum atomic E-state index is 0.679. The van der Waals surface area contributed by atoms with Crippen LogP contribution in [0.3, 0.4) is 0 Å². The average molecular weight is 461 g/mol. The lowest BCUT2D eigenvalue weighted by molar-refractivity contribution is 0.919. The van der Waals surface area contributed by atoms with Crippen LogP contribution in [0.1, 0.15) is 49.9 Å². The first-order valence-corrected chi connectivity index (χ1v) is 11.8. The second-order valence-corrected chi connectivity index (χ2v) is 6.66. The van der Waals surface area contributed by atoms with Gasteiger partial charge in [-0.05, 0) is 21.9 Å². The third kappa shape index (κ3) is 6.31. The fourth-order valence-electron chi connectivity index (χ4n) is 3.51. The van der Waals surface area contributed by atoms with Crippen LogP contribution >= 0.6 is 0 Å². The number of hydrogen-bond acceptors (Lipinski definition) is 8. The van der Waals surface area contributed by atoms with Crippen LogP contribution in [-0.4, -0.2) is 50.5 Å². The van der Waals surface area contributed by atoms with Crippen LogP contribution in [0.5, 0.6) is 0 Å². The van der Waals surface area contributed by atoms with Gasteiger partial charge in [-0.2, -0.15) is 10.2 Å². The molecule has 0 spiro atoms. The van der Waals surface area contributed by atoms with E-state index in [1.807, 2.05) is 52.0 Å². The predicted octanol–water partition coefficient (Wildman–Crippen LogP) is 3.94. The Labute approximate surface area is 202 Å². The normalized spacial score (nSPS) is 14.2. The second kappa shape index (κ2) is 14.3. The summed E-state index contributed by atoms with van der Waals surface area (Å²) in [5.41, 5.74) is 9.69. The van der Waals surface area contributed by atoms with Gasteiger partial charge in [0, 0.05) is 24.2 Å². The summed E-state index contributed by atoms with van der Waals surface area (Å²) in [5.74, 6) is 1.36. The van der Waals surface area contributed by atoms with Crippen molar-refractivity contribution in [1.29, 1.82) is 0 Å². The summed E-state index contributed by atoms with van der Waals surface area (Å²) in [5, 5.41) is 17.1. The molecule has 0 bridgehead atoms. The molecule has 4 N–H and O–H groups in total. The van der Waals surface area contributed by atoms with E-state index in [4.69, 9.17) is 0 Å². The van der Waals surface area contributed by atoms with Gasteiger partial charge in [-0.15, -0.1) is 0 Å². The molecular weight excluding hydrogens is 424 g/mol. The molecule has 0 atom stereocenters. The molecule has 2 aliphatic rings. The lowest BCUT2D eigenvalue weighted by Crippen LogP contribution is -2.30. The molecule has 180 valence electrons. The number of hydrogen-bond donors (Lipinski definition) is 4. The molecule has 0 aromatic heterocycles. The molecule has 2 heterocycles. The number of hydrazone groups is 2. The van der Waals surface area contributed by atoms with Gasteiger partial charge in [-0.3, -0.25) is 0 Å². The number of rotatable bonds is 6. The summed E-state index contributed by atoms with van der Waals surface area (Å²) >= 11 is 0. The van der Waals surface area contributed by atoms with Gasteiger partial charge in [0.25, 0.3) is 0 Å². The Balaban J connectivity index is 0.000000970. The highest BCUT2D eigenvalue weighted by molar-refractivity contribution is 6.12. The van der Waals surface area contributed by atoms with Gasteiger partial charge in [0.1, 0.15) is 0 Å². The molecule has 0 unspecified atom stereocenters. The van der Waals surface area contributed by atoms with Crippen molar-refractivity contribution in [1.82, 2.24) is 21.5 Å². The van der Waals surface area contributed by atoms with Crippen molar-refractivity contribution in [3.8, 4) is 0 Å². The minimum Gasteiger partial charge on any atom is -0.353 e. The summed E-state index contributed by atoms with van der Waals surface area (Å²) < 4.78 is 0. The van der Waals surface area contributed by atoms with Gasteiger partial charge in [0.05, 0.1) is 25.5 Å². The third-order valence-electron chi connectivity index (χ3n) is 4.86. The summed E-state index contributed by atoms with van der Waals surface area (Å²) in [6.07, 6.45) is 7.24. The fourth-order valence-corrected chi connectivity index (χ4v) is 3.51. The van der Waals surface area contributed by atoms with Gasteiger partial charge in [0.2, 0.25) is 11.9 Å². The molecule has 2 aromatic rings. The largest absolute Gasteiger partial charge is 0.353 e. The van der Waals surface area contributed by atoms with Crippen molar-refractivity contribution in [2.45, 2.75) is 27.7 Å². The standard InChI is InChI=1S/C22H24N8.2C2H6/c1-3-15-16(4-2)20(14-28-30-22-25-11-12-26-22)18-8-6-5-7-17(18)19(15)13-27-29-21-23-9-10-24-21;2*1-2/h3-8,13-14H,1-2,9-12H2,(H2,23,24,29)(H2,25,26,30);2*1-2H3/b27-13+,28-14+;;. The average Bonchev–Trinajstić information content (AvgIpc) is 3.61. The van der Waals surface area contributed by atoms with E-state index < -0.39 is 0 Å². The second-order valence-electron chi connectivity index (χ2n) is 6.66. The maximum Gasteiger partial charge on any atom is 0.212 e. The summed E-state index contributed by atoms with van der Waals surface area (Å²) in [6, 6.07) is 8.14. The summed E-state index contributed by atoms with van der Waals surface area (Å²) in [4.78, 5) is 8.58. The molecule has 4 rings (SSSR count). The Morgan fingerprint density at radius 3 is 1.47 bits per heavy atom. The van der Waals surface area contributed by atoms with Crippen molar-refractivity contribution >= 4 is 47.3 Å². The Kier molecular flexibility index (Phi) is 11.0. The zero-order valence-electron chi connectivity index (χ0n) is 20.7. The fraction of sp³-hybridized carbons (Fsp3) is 0.308. The van der Waals surface area contributed by atoms with Crippen molar-refractivity contribution in [3.05, 3.63) is 59.7 Å². The summed E-state index contributed by atoms with van der Waals surface area (Å²) in [6.45, 7) is 19.2. The monoisotopic (exact) mass is 460 g/mol. The molecule has 8 heteroatoms. The number of nitrogens with zero attached hydrogens (tertiary/aromatic N) is 4. The molecule has 8 nitrogen and oxygen atoms in total.